The van der Waals surface area contributed by atoms with E-state index >= 15 is 0 Å². The summed E-state index contributed by atoms with van der Waals surface area (Å²) >= 11 is 0. The van der Waals surface area contributed by atoms with Gasteiger partial charge in [0.15, 0.2) is 5.82 Å². The molecule has 0 spiro atoms. The lowest BCUT2D eigenvalue weighted by Crippen LogP contribution is -1.99. The maximum Gasteiger partial charge on any atom is 0.151 e. The summed E-state index contributed by atoms with van der Waals surface area (Å²) in [5.74, 6) is -0.0811. The maximum atomic E-state index is 14.5. The Morgan fingerprint density at radius 1 is 1.12 bits per heavy atom. The molecule has 0 saturated heterocycles. The van der Waals surface area contributed by atoms with E-state index < -0.39 is 5.82 Å². The zero-order valence-corrected chi connectivity index (χ0v) is 13.8. The molecule has 6 heteroatoms. The Morgan fingerprint density at radius 2 is 1.96 bits per heavy atom. The van der Waals surface area contributed by atoms with E-state index in [1.807, 2.05) is 19.1 Å². The van der Waals surface area contributed by atoms with Gasteiger partial charge in [-0.05, 0) is 49.2 Å². The predicted molar refractivity (Wildman–Crippen MR) is 90.2 cm³/mol. The van der Waals surface area contributed by atoms with Crippen molar-refractivity contribution in [2.45, 2.75) is 20.4 Å². The van der Waals surface area contributed by atoms with Gasteiger partial charge in [0.25, 0.3) is 0 Å². The Labute approximate surface area is 142 Å². The highest BCUT2D eigenvalue weighted by molar-refractivity contribution is 5.83. The van der Waals surface area contributed by atoms with Crippen molar-refractivity contribution in [1.82, 2.24) is 14.7 Å². The van der Waals surface area contributed by atoms with Crippen molar-refractivity contribution in [2.75, 3.05) is 0 Å². The standard InChI is InChI=1S/C19H15F2N3O/c1-11-18(12(2)25-23-11)14-7-16(21)19-17(8-14)24(10-22-19)9-13-4-3-5-15(20)6-13/h3-8,10H,9H2,1-2H3. The van der Waals surface area contributed by atoms with Crippen molar-refractivity contribution < 1.29 is 13.3 Å². The summed E-state index contributed by atoms with van der Waals surface area (Å²) in [5.41, 5.74) is 3.86. The lowest BCUT2D eigenvalue weighted by molar-refractivity contribution is 0.393. The van der Waals surface area contributed by atoms with Gasteiger partial charge < -0.3 is 9.09 Å². The van der Waals surface area contributed by atoms with Crippen LogP contribution in [0.4, 0.5) is 8.78 Å². The SMILES string of the molecule is Cc1noc(C)c1-c1cc(F)c2ncn(Cc3cccc(F)c3)c2c1. The minimum atomic E-state index is -0.412. The van der Waals surface area contributed by atoms with Crippen LogP contribution in [0.1, 0.15) is 17.0 Å². The lowest BCUT2D eigenvalue weighted by atomic mass is 10.0. The number of nitrogens with zero attached hydrogens (tertiary/aromatic N) is 3. The highest BCUT2D eigenvalue weighted by atomic mass is 19.1. The van der Waals surface area contributed by atoms with Crippen LogP contribution in [-0.4, -0.2) is 14.7 Å². The van der Waals surface area contributed by atoms with Crippen molar-refractivity contribution in [3.8, 4) is 11.1 Å². The number of halogens is 2. The fourth-order valence-corrected chi connectivity index (χ4v) is 3.12. The maximum absolute atomic E-state index is 14.5. The normalized spacial score (nSPS) is 11.4. The average Bonchev–Trinajstić information content (AvgIpc) is 3.11. The number of hydrogen-bond donors (Lipinski definition) is 0. The van der Waals surface area contributed by atoms with E-state index in [2.05, 4.69) is 10.1 Å². The molecule has 0 radical (unpaired) electrons. The lowest BCUT2D eigenvalue weighted by Gasteiger charge is -2.07. The largest absolute Gasteiger partial charge is 0.361 e. The molecule has 0 atom stereocenters. The molecule has 0 N–H and O–H groups in total. The van der Waals surface area contributed by atoms with Crippen LogP contribution in [0.3, 0.4) is 0 Å². The molecule has 0 unspecified atom stereocenters. The van der Waals surface area contributed by atoms with E-state index in [0.29, 0.717) is 29.1 Å². The van der Waals surface area contributed by atoms with Crippen LogP contribution in [-0.2, 0) is 6.54 Å². The molecule has 0 bridgehead atoms. The summed E-state index contributed by atoms with van der Waals surface area (Å²) in [6.45, 7) is 4.01. The van der Waals surface area contributed by atoms with E-state index in [1.165, 1.54) is 18.2 Å². The van der Waals surface area contributed by atoms with E-state index in [9.17, 15) is 8.78 Å². The first-order chi connectivity index (χ1) is 12.0. The van der Waals surface area contributed by atoms with Gasteiger partial charge in [-0.25, -0.2) is 13.8 Å². The summed E-state index contributed by atoms with van der Waals surface area (Å²) < 4.78 is 34.9. The predicted octanol–water partition coefficient (Wildman–Crippen LogP) is 4.63. The fraction of sp³-hybridized carbons (Fsp3) is 0.158. The average molecular weight is 339 g/mol. The zero-order valence-electron chi connectivity index (χ0n) is 13.8. The summed E-state index contributed by atoms with van der Waals surface area (Å²) in [6.07, 6.45) is 1.57. The Balaban J connectivity index is 1.84. The second kappa shape index (κ2) is 5.81. The monoisotopic (exact) mass is 339 g/mol. The molecule has 2 aromatic heterocycles. The first kappa shape index (κ1) is 15.5. The first-order valence-electron chi connectivity index (χ1n) is 7.85. The van der Waals surface area contributed by atoms with Gasteiger partial charge in [0, 0.05) is 12.1 Å². The quantitative estimate of drug-likeness (QED) is 0.546. The second-order valence-electron chi connectivity index (χ2n) is 6.03. The minimum Gasteiger partial charge on any atom is -0.361 e. The molecule has 4 nitrogen and oxygen atoms in total. The van der Waals surface area contributed by atoms with E-state index in [0.717, 1.165) is 11.1 Å². The molecular formula is C19H15F2N3O. The molecule has 2 aromatic carbocycles. The van der Waals surface area contributed by atoms with E-state index in [-0.39, 0.29) is 11.3 Å². The Bertz CT molecular complexity index is 1060. The Hall–Kier alpha value is -3.02. The van der Waals surface area contributed by atoms with Crippen LogP contribution in [0, 0.1) is 25.5 Å². The molecule has 2 heterocycles. The van der Waals surface area contributed by atoms with Gasteiger partial charge >= 0.3 is 0 Å². The van der Waals surface area contributed by atoms with Crippen molar-refractivity contribution in [1.29, 1.82) is 0 Å². The second-order valence-corrected chi connectivity index (χ2v) is 6.03. The number of aromatic nitrogens is 3. The minimum absolute atomic E-state index is 0.284. The molecule has 0 aliphatic rings. The Kier molecular flexibility index (Phi) is 3.60. The third-order valence-corrected chi connectivity index (χ3v) is 4.24. The molecule has 0 aliphatic carbocycles. The van der Waals surface area contributed by atoms with Crippen LogP contribution in [0.15, 0.2) is 47.2 Å². The van der Waals surface area contributed by atoms with Gasteiger partial charge in [-0.3, -0.25) is 0 Å². The van der Waals surface area contributed by atoms with Crippen LogP contribution in [0.5, 0.6) is 0 Å². The van der Waals surface area contributed by atoms with Crippen molar-refractivity contribution in [3.63, 3.8) is 0 Å². The van der Waals surface area contributed by atoms with Crippen LogP contribution >= 0.6 is 0 Å². The molecule has 4 rings (SSSR count). The Morgan fingerprint density at radius 3 is 2.68 bits per heavy atom. The third-order valence-electron chi connectivity index (χ3n) is 4.24. The number of imidazole rings is 1. The van der Waals surface area contributed by atoms with Gasteiger partial charge in [-0.2, -0.15) is 0 Å². The van der Waals surface area contributed by atoms with Gasteiger partial charge in [0.05, 0.1) is 17.5 Å². The number of aryl methyl sites for hydroxylation is 2. The highest BCUT2D eigenvalue weighted by Crippen LogP contribution is 2.31. The number of fused-ring (bicyclic) bond motifs is 1. The number of benzene rings is 2. The molecule has 0 saturated carbocycles. The molecule has 0 amide bonds. The number of rotatable bonds is 3. The third kappa shape index (κ3) is 2.69. The smallest absolute Gasteiger partial charge is 0.151 e. The van der Waals surface area contributed by atoms with Crippen LogP contribution in [0.25, 0.3) is 22.2 Å². The summed E-state index contributed by atoms with van der Waals surface area (Å²) in [5, 5.41) is 3.93. The zero-order chi connectivity index (χ0) is 17.6. The molecule has 4 aromatic rings. The summed E-state index contributed by atoms with van der Waals surface area (Å²) in [6, 6.07) is 9.62. The number of hydrogen-bond acceptors (Lipinski definition) is 3. The van der Waals surface area contributed by atoms with Crippen LogP contribution < -0.4 is 0 Å². The topological polar surface area (TPSA) is 43.9 Å². The van der Waals surface area contributed by atoms with Gasteiger partial charge in [0.1, 0.15) is 17.1 Å². The fourth-order valence-electron chi connectivity index (χ4n) is 3.12. The van der Waals surface area contributed by atoms with Gasteiger partial charge in [0.2, 0.25) is 0 Å². The van der Waals surface area contributed by atoms with Crippen molar-refractivity contribution >= 4 is 11.0 Å². The van der Waals surface area contributed by atoms with E-state index in [4.69, 9.17) is 4.52 Å². The summed E-state index contributed by atoms with van der Waals surface area (Å²) in [7, 11) is 0. The molecular weight excluding hydrogens is 324 g/mol. The summed E-state index contributed by atoms with van der Waals surface area (Å²) in [4.78, 5) is 4.16. The van der Waals surface area contributed by atoms with Gasteiger partial charge in [-0.15, -0.1) is 0 Å². The van der Waals surface area contributed by atoms with Gasteiger partial charge in [-0.1, -0.05) is 17.3 Å². The molecule has 0 aliphatic heterocycles. The van der Waals surface area contributed by atoms with Crippen molar-refractivity contribution in [3.05, 3.63) is 71.4 Å². The molecule has 0 fully saturated rings. The first-order valence-corrected chi connectivity index (χ1v) is 7.85. The van der Waals surface area contributed by atoms with E-state index in [1.54, 1.807) is 23.9 Å². The van der Waals surface area contributed by atoms with Crippen molar-refractivity contribution in [2.24, 2.45) is 0 Å². The highest BCUT2D eigenvalue weighted by Gasteiger charge is 2.16. The molecule has 25 heavy (non-hydrogen) atoms. The van der Waals surface area contributed by atoms with Crippen LogP contribution in [0.2, 0.25) is 0 Å². The molecule has 126 valence electrons.